The van der Waals surface area contributed by atoms with Gasteiger partial charge in [-0.3, -0.25) is 0 Å². The first-order valence-corrected chi connectivity index (χ1v) is 5.91. The Balaban J connectivity index is 2.04. The Morgan fingerprint density at radius 3 is 2.64 bits per heavy atom. The molecule has 0 saturated carbocycles. The first-order chi connectivity index (χ1) is 6.86. The summed E-state index contributed by atoms with van der Waals surface area (Å²) in [5, 5.41) is 3.48. The van der Waals surface area contributed by atoms with E-state index in [1.165, 1.54) is 39.0 Å². The van der Waals surface area contributed by atoms with Crippen molar-refractivity contribution in [3.63, 3.8) is 0 Å². The van der Waals surface area contributed by atoms with E-state index in [1.54, 1.807) is 0 Å². The number of piperidine rings is 1. The molecule has 1 fully saturated rings. The lowest BCUT2D eigenvalue weighted by Crippen LogP contribution is -2.37. The summed E-state index contributed by atoms with van der Waals surface area (Å²) in [4.78, 5) is 2.54. The minimum absolute atomic E-state index is 0.906. The van der Waals surface area contributed by atoms with Crippen molar-refractivity contribution in [3.05, 3.63) is 12.2 Å². The Labute approximate surface area is 88.4 Å². The maximum atomic E-state index is 3.48. The van der Waals surface area contributed by atoms with Gasteiger partial charge >= 0.3 is 0 Å². The SMILES string of the molecule is C/C=C/CNCC1CCN(CC)CC1. The lowest BCUT2D eigenvalue weighted by atomic mass is 9.97. The molecular formula is C12H24N2. The van der Waals surface area contributed by atoms with E-state index >= 15 is 0 Å². The van der Waals surface area contributed by atoms with Gasteiger partial charge in [0.05, 0.1) is 0 Å². The van der Waals surface area contributed by atoms with E-state index in [1.807, 2.05) is 0 Å². The molecule has 0 aromatic heterocycles. The van der Waals surface area contributed by atoms with E-state index in [4.69, 9.17) is 0 Å². The van der Waals surface area contributed by atoms with E-state index in [9.17, 15) is 0 Å². The Bertz CT molecular complexity index is 158. The third kappa shape index (κ3) is 4.25. The minimum atomic E-state index is 0.906. The average Bonchev–Trinajstić information content (AvgIpc) is 2.25. The second-order valence-electron chi connectivity index (χ2n) is 4.10. The third-order valence-corrected chi connectivity index (χ3v) is 3.09. The van der Waals surface area contributed by atoms with Crippen LogP contribution >= 0.6 is 0 Å². The standard InChI is InChI=1S/C12H24N2/c1-3-5-8-13-11-12-6-9-14(4-2)10-7-12/h3,5,12-13H,4,6-11H2,1-2H3/b5-3+. The molecule has 2 nitrogen and oxygen atoms in total. The third-order valence-electron chi connectivity index (χ3n) is 3.09. The highest BCUT2D eigenvalue weighted by atomic mass is 15.1. The molecule has 0 bridgehead atoms. The first-order valence-electron chi connectivity index (χ1n) is 5.91. The highest BCUT2D eigenvalue weighted by Gasteiger charge is 2.16. The molecule has 1 heterocycles. The number of rotatable bonds is 5. The Hall–Kier alpha value is -0.340. The zero-order valence-electron chi connectivity index (χ0n) is 9.63. The normalized spacial score (nSPS) is 20.7. The maximum absolute atomic E-state index is 3.48. The van der Waals surface area contributed by atoms with Crippen LogP contribution in [0.1, 0.15) is 26.7 Å². The predicted octanol–water partition coefficient (Wildman–Crippen LogP) is 1.88. The van der Waals surface area contributed by atoms with Crippen molar-refractivity contribution >= 4 is 0 Å². The highest BCUT2D eigenvalue weighted by molar-refractivity contribution is 4.80. The van der Waals surface area contributed by atoms with Crippen molar-refractivity contribution in [2.24, 2.45) is 5.92 Å². The molecule has 1 aliphatic heterocycles. The molecule has 82 valence electrons. The van der Waals surface area contributed by atoms with Gasteiger partial charge in [0.1, 0.15) is 0 Å². The van der Waals surface area contributed by atoms with Gasteiger partial charge in [0.15, 0.2) is 0 Å². The fourth-order valence-corrected chi connectivity index (χ4v) is 2.00. The lowest BCUT2D eigenvalue weighted by molar-refractivity contribution is 0.191. The second-order valence-corrected chi connectivity index (χ2v) is 4.10. The van der Waals surface area contributed by atoms with Crippen LogP contribution in [-0.2, 0) is 0 Å². The van der Waals surface area contributed by atoms with Gasteiger partial charge in [-0.1, -0.05) is 19.1 Å². The van der Waals surface area contributed by atoms with Crippen LogP contribution in [0.3, 0.4) is 0 Å². The summed E-state index contributed by atoms with van der Waals surface area (Å²) in [5.41, 5.74) is 0. The summed E-state index contributed by atoms with van der Waals surface area (Å²) in [6.45, 7) is 10.4. The van der Waals surface area contributed by atoms with Gasteiger partial charge in [-0.25, -0.2) is 0 Å². The topological polar surface area (TPSA) is 15.3 Å². The average molecular weight is 196 g/mol. The van der Waals surface area contributed by atoms with Crippen LogP contribution in [0.4, 0.5) is 0 Å². The van der Waals surface area contributed by atoms with Crippen molar-refractivity contribution < 1.29 is 0 Å². The molecule has 0 atom stereocenters. The van der Waals surface area contributed by atoms with Gasteiger partial charge in [-0.15, -0.1) is 0 Å². The van der Waals surface area contributed by atoms with Crippen molar-refractivity contribution in [2.45, 2.75) is 26.7 Å². The van der Waals surface area contributed by atoms with Crippen LogP contribution < -0.4 is 5.32 Å². The molecule has 0 aromatic rings. The largest absolute Gasteiger partial charge is 0.313 e. The molecule has 0 amide bonds. The molecule has 0 aliphatic carbocycles. The second kappa shape index (κ2) is 7.02. The van der Waals surface area contributed by atoms with E-state index in [0.717, 1.165) is 12.5 Å². The van der Waals surface area contributed by atoms with Crippen molar-refractivity contribution in [1.29, 1.82) is 0 Å². The molecule has 1 N–H and O–H groups in total. The Morgan fingerprint density at radius 1 is 1.36 bits per heavy atom. The quantitative estimate of drug-likeness (QED) is 0.533. The summed E-state index contributed by atoms with van der Waals surface area (Å²) in [6, 6.07) is 0. The number of nitrogens with one attached hydrogen (secondary N) is 1. The molecular weight excluding hydrogens is 172 g/mol. The Morgan fingerprint density at radius 2 is 2.07 bits per heavy atom. The molecule has 1 rings (SSSR count). The molecule has 0 spiro atoms. The van der Waals surface area contributed by atoms with Crippen LogP contribution in [0.25, 0.3) is 0 Å². The molecule has 1 saturated heterocycles. The fraction of sp³-hybridized carbons (Fsp3) is 0.833. The molecule has 0 unspecified atom stereocenters. The maximum Gasteiger partial charge on any atom is 0.0134 e. The first kappa shape index (κ1) is 11.7. The fourth-order valence-electron chi connectivity index (χ4n) is 2.00. The minimum Gasteiger partial charge on any atom is -0.313 e. The summed E-state index contributed by atoms with van der Waals surface area (Å²) in [6.07, 6.45) is 7.03. The number of nitrogens with zero attached hydrogens (tertiary/aromatic N) is 1. The van der Waals surface area contributed by atoms with E-state index < -0.39 is 0 Å². The summed E-state index contributed by atoms with van der Waals surface area (Å²) >= 11 is 0. The Kier molecular flexibility index (Phi) is 5.88. The molecule has 0 aromatic carbocycles. The van der Waals surface area contributed by atoms with Crippen molar-refractivity contribution in [1.82, 2.24) is 10.2 Å². The van der Waals surface area contributed by atoms with E-state index in [2.05, 4.69) is 36.2 Å². The van der Waals surface area contributed by atoms with Crippen LogP contribution in [0.2, 0.25) is 0 Å². The van der Waals surface area contributed by atoms with Gasteiger partial charge in [-0.05, 0) is 51.9 Å². The van der Waals surface area contributed by atoms with Crippen LogP contribution in [0.15, 0.2) is 12.2 Å². The van der Waals surface area contributed by atoms with Crippen LogP contribution in [0, 0.1) is 5.92 Å². The number of allylic oxidation sites excluding steroid dienone is 1. The number of likely N-dealkylation sites (tertiary alicyclic amines) is 1. The predicted molar refractivity (Wildman–Crippen MR) is 62.5 cm³/mol. The highest BCUT2D eigenvalue weighted by Crippen LogP contribution is 2.15. The van der Waals surface area contributed by atoms with E-state index in [0.29, 0.717) is 0 Å². The van der Waals surface area contributed by atoms with Crippen LogP contribution in [-0.4, -0.2) is 37.6 Å². The molecule has 1 aliphatic rings. The monoisotopic (exact) mass is 196 g/mol. The van der Waals surface area contributed by atoms with Crippen molar-refractivity contribution in [2.75, 3.05) is 32.7 Å². The molecule has 14 heavy (non-hydrogen) atoms. The number of hydrogen-bond acceptors (Lipinski definition) is 2. The molecule has 0 radical (unpaired) electrons. The zero-order chi connectivity index (χ0) is 10.2. The zero-order valence-corrected chi connectivity index (χ0v) is 9.63. The summed E-state index contributed by atoms with van der Waals surface area (Å²) in [5.74, 6) is 0.906. The van der Waals surface area contributed by atoms with Crippen molar-refractivity contribution in [3.8, 4) is 0 Å². The van der Waals surface area contributed by atoms with Gasteiger partial charge in [0.2, 0.25) is 0 Å². The molecule has 2 heteroatoms. The van der Waals surface area contributed by atoms with Gasteiger partial charge in [-0.2, -0.15) is 0 Å². The number of hydrogen-bond donors (Lipinski definition) is 1. The van der Waals surface area contributed by atoms with E-state index in [-0.39, 0.29) is 0 Å². The summed E-state index contributed by atoms with van der Waals surface area (Å²) < 4.78 is 0. The van der Waals surface area contributed by atoms with Gasteiger partial charge in [0, 0.05) is 6.54 Å². The van der Waals surface area contributed by atoms with Gasteiger partial charge < -0.3 is 10.2 Å². The smallest absolute Gasteiger partial charge is 0.0134 e. The summed E-state index contributed by atoms with van der Waals surface area (Å²) in [7, 11) is 0. The van der Waals surface area contributed by atoms with Crippen LogP contribution in [0.5, 0.6) is 0 Å². The van der Waals surface area contributed by atoms with Gasteiger partial charge in [0.25, 0.3) is 0 Å². The lowest BCUT2D eigenvalue weighted by Gasteiger charge is -2.31.